The van der Waals surface area contributed by atoms with Gasteiger partial charge < -0.3 is 14.3 Å². The van der Waals surface area contributed by atoms with Crippen LogP contribution in [0.3, 0.4) is 0 Å². The highest BCUT2D eigenvalue weighted by Gasteiger charge is 2.60. The molecule has 0 unspecified atom stereocenters. The van der Waals surface area contributed by atoms with Gasteiger partial charge in [0.15, 0.2) is 8.32 Å². The summed E-state index contributed by atoms with van der Waals surface area (Å²) >= 11 is 0. The number of ether oxygens (including phenoxy) is 1. The normalized spacial score (nSPS) is 35.9. The molecule has 1 saturated carbocycles. The molecule has 5 atom stereocenters. The van der Waals surface area contributed by atoms with Crippen LogP contribution in [0, 0.1) is 11.8 Å². The van der Waals surface area contributed by atoms with Gasteiger partial charge in [-0.3, -0.25) is 4.79 Å². The minimum atomic E-state index is -1.85. The first-order valence-electron chi connectivity index (χ1n) is 7.10. The van der Waals surface area contributed by atoms with E-state index in [2.05, 4.69) is 33.9 Å². The Kier molecular flexibility index (Phi) is 3.61. The fraction of sp³-hybridized carbons (Fsp3) is 0.929. The molecule has 0 radical (unpaired) electrons. The Hall–Kier alpha value is -0.393. The molecule has 110 valence electrons. The summed E-state index contributed by atoms with van der Waals surface area (Å²) in [4.78, 5) is 11.3. The average molecular weight is 286 g/mol. The fourth-order valence-electron chi connectivity index (χ4n) is 2.74. The van der Waals surface area contributed by atoms with Crippen LogP contribution in [0.25, 0.3) is 0 Å². The van der Waals surface area contributed by atoms with Gasteiger partial charge in [0.25, 0.3) is 0 Å². The number of carbonyl (C=O) groups is 1. The van der Waals surface area contributed by atoms with Crippen molar-refractivity contribution < 1.29 is 19.1 Å². The van der Waals surface area contributed by atoms with Crippen molar-refractivity contribution in [2.45, 2.75) is 70.6 Å². The summed E-state index contributed by atoms with van der Waals surface area (Å²) < 4.78 is 12.0. The smallest absolute Gasteiger partial charge is 0.306 e. The predicted molar refractivity (Wildman–Crippen MR) is 75.6 cm³/mol. The molecule has 0 aromatic heterocycles. The zero-order chi connectivity index (χ0) is 14.6. The van der Waals surface area contributed by atoms with Gasteiger partial charge in [0, 0.05) is 12.3 Å². The maximum atomic E-state index is 11.3. The molecule has 4 nitrogen and oxygen atoms in total. The van der Waals surface area contributed by atoms with Gasteiger partial charge in [-0.2, -0.15) is 0 Å². The summed E-state index contributed by atoms with van der Waals surface area (Å²) in [5, 5.41) is 9.41. The van der Waals surface area contributed by atoms with Crippen LogP contribution in [0.4, 0.5) is 0 Å². The second kappa shape index (κ2) is 4.57. The third-order valence-corrected chi connectivity index (χ3v) is 9.62. The van der Waals surface area contributed by atoms with Crippen LogP contribution in [0.1, 0.15) is 34.1 Å². The van der Waals surface area contributed by atoms with Crippen LogP contribution in [0.15, 0.2) is 0 Å². The summed E-state index contributed by atoms with van der Waals surface area (Å²) in [6, 6.07) is 0. The van der Waals surface area contributed by atoms with E-state index in [4.69, 9.17) is 9.16 Å². The number of aliphatic carboxylic acids is 1. The molecular weight excluding hydrogens is 260 g/mol. The van der Waals surface area contributed by atoms with Crippen molar-refractivity contribution in [2.24, 2.45) is 11.8 Å². The zero-order valence-electron chi connectivity index (χ0n) is 12.8. The first kappa shape index (κ1) is 15.0. The van der Waals surface area contributed by atoms with Gasteiger partial charge in [0.2, 0.25) is 0 Å². The van der Waals surface area contributed by atoms with Gasteiger partial charge >= 0.3 is 5.97 Å². The standard InChI is InChI=1S/C14H26O4Si/c1-8(13(15)16)11-9(7-10-12(11)17-10)18-19(5,6)14(2,3)4/h8-12H,7H2,1-6H3,(H,15,16)/t8-,9+,10-,11-,12-/m0/s1. The highest BCUT2D eigenvalue weighted by Crippen LogP contribution is 2.50. The number of epoxide rings is 1. The molecule has 1 heterocycles. The molecule has 2 rings (SSSR count). The lowest BCUT2D eigenvalue weighted by atomic mass is 9.90. The molecule has 1 saturated heterocycles. The van der Waals surface area contributed by atoms with Crippen molar-refractivity contribution in [3.05, 3.63) is 0 Å². The third kappa shape index (κ3) is 2.73. The Bertz CT molecular complexity index is 374. The second-order valence-electron chi connectivity index (χ2n) is 7.50. The van der Waals surface area contributed by atoms with Crippen LogP contribution in [-0.2, 0) is 14.0 Å². The summed E-state index contributed by atoms with van der Waals surface area (Å²) in [5.41, 5.74) is 0. The quantitative estimate of drug-likeness (QED) is 0.637. The molecule has 2 fully saturated rings. The maximum Gasteiger partial charge on any atom is 0.306 e. The summed E-state index contributed by atoms with van der Waals surface area (Å²) in [5.74, 6) is -1.13. The molecule has 5 heteroatoms. The summed E-state index contributed by atoms with van der Waals surface area (Å²) in [6.07, 6.45) is 1.26. The number of fused-ring (bicyclic) bond motifs is 1. The van der Waals surface area contributed by atoms with Crippen molar-refractivity contribution in [3.8, 4) is 0 Å². The number of hydrogen-bond donors (Lipinski definition) is 1. The Balaban J connectivity index is 2.10. The Labute approximate surface area is 116 Å². The highest BCUT2D eigenvalue weighted by molar-refractivity contribution is 6.74. The lowest BCUT2D eigenvalue weighted by Crippen LogP contribution is -2.47. The lowest BCUT2D eigenvalue weighted by Gasteiger charge is -2.40. The fourth-order valence-corrected chi connectivity index (χ4v) is 4.10. The Morgan fingerprint density at radius 3 is 2.47 bits per heavy atom. The first-order valence-corrected chi connectivity index (χ1v) is 10.0. The van der Waals surface area contributed by atoms with E-state index in [-0.39, 0.29) is 29.3 Å². The van der Waals surface area contributed by atoms with Gasteiger partial charge in [-0.25, -0.2) is 0 Å². The topological polar surface area (TPSA) is 59.1 Å². The third-order valence-electron chi connectivity index (χ3n) is 5.11. The second-order valence-corrected chi connectivity index (χ2v) is 12.3. The molecule has 0 bridgehead atoms. The largest absolute Gasteiger partial charge is 0.481 e. The number of hydrogen-bond acceptors (Lipinski definition) is 3. The van der Waals surface area contributed by atoms with Gasteiger partial charge in [-0.05, 0) is 18.1 Å². The van der Waals surface area contributed by atoms with E-state index in [9.17, 15) is 9.90 Å². The SMILES string of the molecule is C[C@H](C(=O)O)[C@@H]1[C@H]2O[C@H]2C[C@H]1O[Si](C)(C)C(C)(C)C. The first-order chi connectivity index (χ1) is 8.54. The van der Waals surface area contributed by atoms with Crippen molar-refractivity contribution in [1.29, 1.82) is 0 Å². The van der Waals surface area contributed by atoms with E-state index in [1.807, 2.05) is 0 Å². The average Bonchev–Trinajstić information content (AvgIpc) is 2.87. The van der Waals surface area contributed by atoms with Gasteiger partial charge in [-0.15, -0.1) is 0 Å². The molecule has 1 aliphatic heterocycles. The van der Waals surface area contributed by atoms with E-state index >= 15 is 0 Å². The van der Waals surface area contributed by atoms with Gasteiger partial charge in [0.05, 0.1) is 24.2 Å². The number of carboxylic acids is 1. The Morgan fingerprint density at radius 2 is 2.00 bits per heavy atom. The van der Waals surface area contributed by atoms with Crippen LogP contribution < -0.4 is 0 Å². The number of carboxylic acid groups (broad SMARTS) is 1. The molecular formula is C14H26O4Si. The van der Waals surface area contributed by atoms with Gasteiger partial charge in [-0.1, -0.05) is 27.7 Å². The van der Waals surface area contributed by atoms with Crippen LogP contribution in [0.5, 0.6) is 0 Å². The number of rotatable bonds is 4. The molecule has 1 N–H and O–H groups in total. The van der Waals surface area contributed by atoms with Gasteiger partial charge in [0.1, 0.15) is 0 Å². The van der Waals surface area contributed by atoms with Crippen LogP contribution in [-0.4, -0.2) is 37.7 Å². The predicted octanol–water partition coefficient (Wildman–Crippen LogP) is 2.88. The molecule has 1 aliphatic carbocycles. The van der Waals surface area contributed by atoms with E-state index in [1.165, 1.54) is 0 Å². The van der Waals surface area contributed by atoms with Crippen molar-refractivity contribution in [1.82, 2.24) is 0 Å². The molecule has 0 aromatic rings. The monoisotopic (exact) mass is 286 g/mol. The summed E-state index contributed by atoms with van der Waals surface area (Å²) in [7, 11) is -1.85. The van der Waals surface area contributed by atoms with Crippen LogP contribution >= 0.6 is 0 Å². The van der Waals surface area contributed by atoms with E-state index in [1.54, 1.807) is 6.92 Å². The molecule has 0 amide bonds. The lowest BCUT2D eigenvalue weighted by molar-refractivity contribution is -0.145. The molecule has 0 spiro atoms. The van der Waals surface area contributed by atoms with E-state index in [0.717, 1.165) is 6.42 Å². The summed E-state index contributed by atoms with van der Waals surface area (Å²) in [6.45, 7) is 12.8. The highest BCUT2D eigenvalue weighted by atomic mass is 28.4. The molecule has 2 aliphatic rings. The van der Waals surface area contributed by atoms with Crippen LogP contribution in [0.2, 0.25) is 18.1 Å². The van der Waals surface area contributed by atoms with Crippen molar-refractivity contribution in [3.63, 3.8) is 0 Å². The Morgan fingerprint density at radius 1 is 1.42 bits per heavy atom. The maximum absolute atomic E-state index is 11.3. The minimum Gasteiger partial charge on any atom is -0.481 e. The van der Waals surface area contributed by atoms with Crippen molar-refractivity contribution >= 4 is 14.3 Å². The van der Waals surface area contributed by atoms with E-state index in [0.29, 0.717) is 0 Å². The zero-order valence-corrected chi connectivity index (χ0v) is 13.8. The minimum absolute atomic E-state index is 0.0108. The van der Waals surface area contributed by atoms with E-state index < -0.39 is 20.2 Å². The van der Waals surface area contributed by atoms with Crippen molar-refractivity contribution in [2.75, 3.05) is 0 Å². The molecule has 0 aromatic carbocycles. The molecule has 19 heavy (non-hydrogen) atoms.